The second-order valence-electron chi connectivity index (χ2n) is 9.16. The molecule has 4 rings (SSSR count). The molecule has 1 aliphatic carbocycles. The molecule has 10 heteroatoms. The van der Waals surface area contributed by atoms with E-state index in [1.165, 1.54) is 17.8 Å². The number of amides is 1. The molecule has 2 aromatic rings. The zero-order valence-electron chi connectivity index (χ0n) is 20.4. The van der Waals surface area contributed by atoms with Crippen LogP contribution in [0.5, 0.6) is 0 Å². The molecular weight excluding hydrogens is 496 g/mol. The summed E-state index contributed by atoms with van der Waals surface area (Å²) in [6, 6.07) is 12.8. The van der Waals surface area contributed by atoms with Crippen molar-refractivity contribution in [1.29, 1.82) is 5.26 Å². The summed E-state index contributed by atoms with van der Waals surface area (Å²) in [6.07, 6.45) is 4.06. The van der Waals surface area contributed by atoms with Crippen molar-refractivity contribution in [2.45, 2.75) is 55.2 Å². The Bertz CT molecular complexity index is 1290. The van der Waals surface area contributed by atoms with Crippen molar-refractivity contribution < 1.29 is 18.0 Å². The molecule has 2 aliphatic rings. The quantitative estimate of drug-likeness (QED) is 0.386. The van der Waals surface area contributed by atoms with E-state index in [2.05, 4.69) is 10.3 Å². The van der Waals surface area contributed by atoms with Gasteiger partial charge in [0.25, 0.3) is 0 Å². The van der Waals surface area contributed by atoms with E-state index in [4.69, 9.17) is 0 Å². The number of piperidine rings is 1. The molecular formula is C26H30N4O4S2. The third kappa shape index (κ3) is 5.19. The summed E-state index contributed by atoms with van der Waals surface area (Å²) >= 11 is 1.20. The maximum Gasteiger partial charge on any atom is 0.246 e. The first-order valence-electron chi connectivity index (χ1n) is 12.2. The monoisotopic (exact) mass is 526 g/mol. The van der Waals surface area contributed by atoms with Crippen LogP contribution in [0, 0.1) is 17.2 Å². The summed E-state index contributed by atoms with van der Waals surface area (Å²) in [5.74, 6) is -1.64. The van der Waals surface area contributed by atoms with Gasteiger partial charge in [0, 0.05) is 18.3 Å². The van der Waals surface area contributed by atoms with Gasteiger partial charge in [0.15, 0.2) is 11.6 Å². The van der Waals surface area contributed by atoms with Gasteiger partial charge in [0.1, 0.15) is 11.1 Å². The van der Waals surface area contributed by atoms with Gasteiger partial charge >= 0.3 is 0 Å². The van der Waals surface area contributed by atoms with Gasteiger partial charge in [-0.25, -0.2) is 13.4 Å². The highest BCUT2D eigenvalue weighted by Gasteiger charge is 2.53. The predicted molar refractivity (Wildman–Crippen MR) is 140 cm³/mol. The number of anilines is 1. The lowest BCUT2D eigenvalue weighted by Crippen LogP contribution is -2.46. The molecule has 8 nitrogen and oxygen atoms in total. The third-order valence-electron chi connectivity index (χ3n) is 6.74. The van der Waals surface area contributed by atoms with E-state index in [9.17, 15) is 23.3 Å². The SMILES string of the molecule is CCCC(=O)c1cc(C#N)c(N(C(=O)C2CCNCC2)S(=O)(=O)[C@@H]2C[C@H]2c2ccccc2)nc1SC. The molecule has 2 fully saturated rings. The largest absolute Gasteiger partial charge is 0.317 e. The summed E-state index contributed by atoms with van der Waals surface area (Å²) in [6.45, 7) is 3.10. The van der Waals surface area contributed by atoms with Gasteiger partial charge in [0.05, 0.1) is 16.4 Å². The molecule has 0 bridgehead atoms. The van der Waals surface area contributed by atoms with Crippen LogP contribution in [0.25, 0.3) is 0 Å². The Hall–Kier alpha value is -2.74. The average molecular weight is 527 g/mol. The highest BCUT2D eigenvalue weighted by Crippen LogP contribution is 2.48. The minimum absolute atomic E-state index is 0.0879. The molecule has 1 N–H and O–H groups in total. The maximum absolute atomic E-state index is 14.0. The van der Waals surface area contributed by atoms with Crippen LogP contribution >= 0.6 is 11.8 Å². The van der Waals surface area contributed by atoms with Gasteiger partial charge in [-0.05, 0) is 56.7 Å². The van der Waals surface area contributed by atoms with E-state index in [0.717, 1.165) is 9.87 Å². The van der Waals surface area contributed by atoms with E-state index in [1.807, 2.05) is 43.3 Å². The number of benzene rings is 1. The van der Waals surface area contributed by atoms with Gasteiger partial charge in [-0.1, -0.05) is 37.3 Å². The Labute approximate surface area is 216 Å². The fourth-order valence-electron chi connectivity index (χ4n) is 4.71. The van der Waals surface area contributed by atoms with E-state index < -0.39 is 27.1 Å². The van der Waals surface area contributed by atoms with Gasteiger partial charge in [-0.2, -0.15) is 9.57 Å². The summed E-state index contributed by atoms with van der Waals surface area (Å²) in [5, 5.41) is 12.7. The van der Waals surface area contributed by atoms with Gasteiger partial charge in [0.2, 0.25) is 15.9 Å². The summed E-state index contributed by atoms with van der Waals surface area (Å²) in [4.78, 5) is 31.0. The minimum Gasteiger partial charge on any atom is -0.317 e. The number of aromatic nitrogens is 1. The van der Waals surface area contributed by atoms with Crippen molar-refractivity contribution in [1.82, 2.24) is 10.3 Å². The normalized spacial score (nSPS) is 19.9. The zero-order valence-corrected chi connectivity index (χ0v) is 22.1. The topological polar surface area (TPSA) is 120 Å². The fourth-order valence-corrected chi connectivity index (χ4v) is 7.36. The average Bonchev–Trinajstić information content (AvgIpc) is 3.71. The number of nitrogens with zero attached hydrogens (tertiary/aromatic N) is 3. The number of carbonyl (C=O) groups excluding carboxylic acids is 2. The van der Waals surface area contributed by atoms with Crippen LogP contribution in [0.4, 0.5) is 5.82 Å². The second kappa shape index (κ2) is 11.1. The summed E-state index contributed by atoms with van der Waals surface area (Å²) < 4.78 is 28.8. The van der Waals surface area contributed by atoms with Crippen LogP contribution in [0.2, 0.25) is 0 Å². The molecule has 1 amide bonds. The maximum atomic E-state index is 14.0. The Morgan fingerprint density at radius 2 is 1.92 bits per heavy atom. The molecule has 0 unspecified atom stereocenters. The van der Waals surface area contributed by atoms with Crippen molar-refractivity contribution >= 4 is 39.3 Å². The number of rotatable bonds is 9. The summed E-state index contributed by atoms with van der Waals surface area (Å²) in [7, 11) is -4.17. The van der Waals surface area contributed by atoms with Crippen LogP contribution < -0.4 is 9.62 Å². The number of carbonyl (C=O) groups is 2. The molecule has 36 heavy (non-hydrogen) atoms. The zero-order chi connectivity index (χ0) is 25.9. The Balaban J connectivity index is 1.81. The predicted octanol–water partition coefficient (Wildman–Crippen LogP) is 3.88. The van der Waals surface area contributed by atoms with Gasteiger partial charge in [-0.3, -0.25) is 9.59 Å². The van der Waals surface area contributed by atoms with Gasteiger partial charge < -0.3 is 5.32 Å². The molecule has 0 radical (unpaired) electrons. The number of sulfonamides is 1. The number of thioether (sulfide) groups is 1. The molecule has 2 heterocycles. The van der Waals surface area contributed by atoms with E-state index in [1.54, 1.807) is 6.26 Å². The third-order valence-corrected chi connectivity index (χ3v) is 9.58. The molecule has 0 spiro atoms. The minimum atomic E-state index is -4.17. The number of nitriles is 1. The number of pyridine rings is 1. The van der Waals surface area contributed by atoms with E-state index in [-0.39, 0.29) is 35.1 Å². The van der Waals surface area contributed by atoms with Crippen LogP contribution in [0.3, 0.4) is 0 Å². The lowest BCUT2D eigenvalue weighted by molar-refractivity contribution is -0.121. The lowest BCUT2D eigenvalue weighted by Gasteiger charge is -2.29. The van der Waals surface area contributed by atoms with Crippen molar-refractivity contribution in [3.63, 3.8) is 0 Å². The standard InChI is InChI=1S/C26H30N4O4S2/c1-3-7-22(31)21-14-19(16-27)24(29-25(21)35-2)30(26(32)18-10-12-28-13-11-18)36(33,34)23-15-20(23)17-8-5-4-6-9-17/h4-6,8-9,14,18,20,23,28H,3,7,10-13,15H2,1-2H3/t20-,23+/m0/s1. The molecule has 1 saturated heterocycles. The Morgan fingerprint density at radius 3 is 2.53 bits per heavy atom. The Kier molecular flexibility index (Phi) is 8.13. The number of nitrogens with one attached hydrogen (secondary N) is 1. The molecule has 1 saturated carbocycles. The van der Waals surface area contributed by atoms with Crippen LogP contribution in [0.1, 0.15) is 66.4 Å². The highest BCUT2D eigenvalue weighted by atomic mass is 32.2. The van der Waals surface area contributed by atoms with Crippen molar-refractivity contribution in [3.8, 4) is 6.07 Å². The summed E-state index contributed by atoms with van der Waals surface area (Å²) in [5.41, 5.74) is 1.10. The van der Waals surface area contributed by atoms with E-state index >= 15 is 0 Å². The number of hydrogen-bond acceptors (Lipinski definition) is 8. The number of hydrogen-bond donors (Lipinski definition) is 1. The smallest absolute Gasteiger partial charge is 0.246 e. The lowest BCUT2D eigenvalue weighted by atomic mass is 9.97. The Morgan fingerprint density at radius 1 is 1.22 bits per heavy atom. The fraction of sp³-hybridized carbons (Fsp3) is 0.462. The van der Waals surface area contributed by atoms with Crippen molar-refractivity contribution in [3.05, 3.63) is 53.1 Å². The molecule has 190 valence electrons. The van der Waals surface area contributed by atoms with Crippen molar-refractivity contribution in [2.75, 3.05) is 23.7 Å². The van der Waals surface area contributed by atoms with E-state index in [0.29, 0.717) is 43.8 Å². The van der Waals surface area contributed by atoms with Crippen molar-refractivity contribution in [2.24, 2.45) is 5.92 Å². The van der Waals surface area contributed by atoms with Crippen LogP contribution in [-0.2, 0) is 14.8 Å². The molecule has 2 atom stereocenters. The molecule has 1 aliphatic heterocycles. The first-order chi connectivity index (χ1) is 17.3. The first-order valence-corrected chi connectivity index (χ1v) is 14.9. The number of ketones is 1. The van der Waals surface area contributed by atoms with Gasteiger partial charge in [-0.15, -0.1) is 11.8 Å². The second-order valence-corrected chi connectivity index (χ2v) is 12.0. The first kappa shape index (κ1) is 26.3. The van der Waals surface area contributed by atoms with Crippen LogP contribution in [-0.4, -0.2) is 49.7 Å². The number of Topliss-reactive ketones (excluding diaryl/α,β-unsaturated/α-hetero) is 1. The van der Waals surface area contributed by atoms with Crippen LogP contribution in [0.15, 0.2) is 41.4 Å². The highest BCUT2D eigenvalue weighted by molar-refractivity contribution is 7.98. The molecule has 1 aromatic carbocycles. The molecule has 1 aromatic heterocycles.